The summed E-state index contributed by atoms with van der Waals surface area (Å²) in [4.78, 5) is 8.74. The van der Waals surface area contributed by atoms with E-state index in [1.54, 1.807) is 25.3 Å². The van der Waals surface area contributed by atoms with E-state index in [1.165, 1.54) is 12.1 Å². The number of benzene rings is 1. The monoisotopic (exact) mass is 281 g/mol. The van der Waals surface area contributed by atoms with Gasteiger partial charge in [0, 0.05) is 23.2 Å². The molecule has 0 aliphatic rings. The first-order chi connectivity index (χ1) is 10.2. The first kappa shape index (κ1) is 13.2. The Labute approximate surface area is 120 Å². The minimum atomic E-state index is -0.345. The lowest BCUT2D eigenvalue weighted by atomic mass is 10.0. The normalized spacial score (nSPS) is 11.8. The summed E-state index contributed by atoms with van der Waals surface area (Å²) >= 11 is 0. The van der Waals surface area contributed by atoms with Crippen LogP contribution in [0, 0.1) is 5.82 Å². The van der Waals surface area contributed by atoms with E-state index in [1.807, 2.05) is 18.2 Å². The van der Waals surface area contributed by atoms with E-state index in [2.05, 4.69) is 15.1 Å². The van der Waals surface area contributed by atoms with Gasteiger partial charge in [0.1, 0.15) is 5.82 Å². The number of halogens is 1. The molecule has 0 radical (unpaired) electrons. The molecule has 0 amide bonds. The minimum Gasteiger partial charge on any atom is -0.411 e. The van der Waals surface area contributed by atoms with Crippen molar-refractivity contribution in [1.82, 2.24) is 9.97 Å². The smallest absolute Gasteiger partial charge is 0.125 e. The Balaban J connectivity index is 2.34. The lowest BCUT2D eigenvalue weighted by molar-refractivity contribution is 0.319. The Morgan fingerprint density at radius 1 is 1.19 bits per heavy atom. The largest absolute Gasteiger partial charge is 0.411 e. The first-order valence-corrected chi connectivity index (χ1v) is 6.40. The highest BCUT2D eigenvalue weighted by atomic mass is 19.1. The zero-order valence-corrected chi connectivity index (χ0v) is 11.3. The number of rotatable bonds is 2. The number of nitrogens with zero attached hydrogens (tertiary/aromatic N) is 3. The van der Waals surface area contributed by atoms with Crippen LogP contribution in [0.5, 0.6) is 0 Å². The van der Waals surface area contributed by atoms with Gasteiger partial charge in [-0.1, -0.05) is 11.2 Å². The van der Waals surface area contributed by atoms with Crippen molar-refractivity contribution >= 4 is 16.6 Å². The lowest BCUT2D eigenvalue weighted by Gasteiger charge is -2.09. The summed E-state index contributed by atoms with van der Waals surface area (Å²) in [5.41, 5.74) is 2.82. The third-order valence-electron chi connectivity index (χ3n) is 3.23. The maximum Gasteiger partial charge on any atom is 0.125 e. The third kappa shape index (κ3) is 2.45. The SMILES string of the molecule is C/C(=N/O)c1cc2ccc(F)cc2nc1-c1ccccn1. The van der Waals surface area contributed by atoms with Crippen molar-refractivity contribution in [2.75, 3.05) is 0 Å². The van der Waals surface area contributed by atoms with E-state index in [4.69, 9.17) is 5.21 Å². The molecule has 1 N–H and O–H groups in total. The topological polar surface area (TPSA) is 58.4 Å². The molecule has 3 aromatic rings. The molecular formula is C16H12FN3O. The zero-order valence-electron chi connectivity index (χ0n) is 11.3. The predicted octanol–water partition coefficient (Wildman–Crippen LogP) is 3.63. The van der Waals surface area contributed by atoms with Crippen molar-refractivity contribution in [2.24, 2.45) is 5.16 Å². The molecule has 0 saturated heterocycles. The van der Waals surface area contributed by atoms with Crippen LogP contribution in [0.15, 0.2) is 53.8 Å². The summed E-state index contributed by atoms with van der Waals surface area (Å²) in [5, 5.41) is 13.1. The second kappa shape index (κ2) is 5.28. The molecule has 21 heavy (non-hydrogen) atoms. The van der Waals surface area contributed by atoms with E-state index in [-0.39, 0.29) is 5.82 Å². The predicted molar refractivity (Wildman–Crippen MR) is 78.9 cm³/mol. The van der Waals surface area contributed by atoms with Crippen molar-refractivity contribution in [3.8, 4) is 11.4 Å². The highest BCUT2D eigenvalue weighted by molar-refractivity contribution is 6.05. The minimum absolute atomic E-state index is 0.345. The van der Waals surface area contributed by atoms with Crippen LogP contribution in [0.1, 0.15) is 12.5 Å². The van der Waals surface area contributed by atoms with Crippen LogP contribution in [0.4, 0.5) is 4.39 Å². The molecule has 0 spiro atoms. The average molecular weight is 281 g/mol. The molecule has 5 heteroatoms. The highest BCUT2D eigenvalue weighted by Crippen LogP contribution is 2.25. The molecule has 104 valence electrons. The van der Waals surface area contributed by atoms with Crippen molar-refractivity contribution in [3.63, 3.8) is 0 Å². The summed E-state index contributed by atoms with van der Waals surface area (Å²) in [6.45, 7) is 1.68. The summed E-state index contributed by atoms with van der Waals surface area (Å²) in [7, 11) is 0. The molecule has 1 aromatic carbocycles. The number of hydrogen-bond acceptors (Lipinski definition) is 4. The molecule has 2 heterocycles. The van der Waals surface area contributed by atoms with Crippen LogP contribution in [-0.4, -0.2) is 20.9 Å². The van der Waals surface area contributed by atoms with Gasteiger partial charge in [0.25, 0.3) is 0 Å². The van der Waals surface area contributed by atoms with E-state index in [0.29, 0.717) is 28.2 Å². The molecule has 0 aliphatic heterocycles. The molecule has 2 aromatic heterocycles. The van der Waals surface area contributed by atoms with Gasteiger partial charge >= 0.3 is 0 Å². The Bertz CT molecular complexity index is 832. The summed E-state index contributed by atoms with van der Waals surface area (Å²) in [5.74, 6) is -0.345. The van der Waals surface area contributed by atoms with Gasteiger partial charge in [-0.2, -0.15) is 0 Å². The van der Waals surface area contributed by atoms with E-state index >= 15 is 0 Å². The molecule has 0 bridgehead atoms. The molecule has 0 saturated carbocycles. The van der Waals surface area contributed by atoms with Gasteiger partial charge in [0.2, 0.25) is 0 Å². The fraction of sp³-hybridized carbons (Fsp3) is 0.0625. The molecule has 0 aliphatic carbocycles. The average Bonchev–Trinajstić information content (AvgIpc) is 2.53. The number of aromatic nitrogens is 2. The maximum atomic E-state index is 13.4. The van der Waals surface area contributed by atoms with Crippen molar-refractivity contribution in [3.05, 3.63) is 60.0 Å². The van der Waals surface area contributed by atoms with Gasteiger partial charge in [-0.05, 0) is 37.3 Å². The Morgan fingerprint density at radius 2 is 2.05 bits per heavy atom. The van der Waals surface area contributed by atoms with Crippen LogP contribution < -0.4 is 0 Å². The van der Waals surface area contributed by atoms with Gasteiger partial charge in [-0.3, -0.25) is 4.98 Å². The molecular weight excluding hydrogens is 269 g/mol. The lowest BCUT2D eigenvalue weighted by Crippen LogP contribution is -2.02. The van der Waals surface area contributed by atoms with Gasteiger partial charge in [0.05, 0.1) is 22.6 Å². The Kier molecular flexibility index (Phi) is 3.31. The Hall–Kier alpha value is -2.82. The van der Waals surface area contributed by atoms with Crippen molar-refractivity contribution < 1.29 is 9.60 Å². The second-order valence-corrected chi connectivity index (χ2v) is 4.62. The van der Waals surface area contributed by atoms with Gasteiger partial charge in [-0.15, -0.1) is 0 Å². The standard InChI is InChI=1S/C16H12FN3O/c1-10(20-21)13-8-11-5-6-12(17)9-15(11)19-16(13)14-4-2-3-7-18-14/h2-9,21H,1H3/b20-10-. The number of pyridine rings is 2. The highest BCUT2D eigenvalue weighted by Gasteiger charge is 2.13. The number of oxime groups is 1. The van der Waals surface area contributed by atoms with Gasteiger partial charge < -0.3 is 5.21 Å². The molecule has 3 rings (SSSR count). The Morgan fingerprint density at radius 3 is 2.76 bits per heavy atom. The fourth-order valence-corrected chi connectivity index (χ4v) is 2.17. The third-order valence-corrected chi connectivity index (χ3v) is 3.23. The van der Waals surface area contributed by atoms with Crippen LogP contribution in [0.3, 0.4) is 0 Å². The summed E-state index contributed by atoms with van der Waals surface area (Å²) in [6.07, 6.45) is 1.65. The number of fused-ring (bicyclic) bond motifs is 1. The fourth-order valence-electron chi connectivity index (χ4n) is 2.17. The quantitative estimate of drug-likeness (QED) is 0.443. The van der Waals surface area contributed by atoms with Crippen molar-refractivity contribution in [1.29, 1.82) is 0 Å². The van der Waals surface area contributed by atoms with Crippen LogP contribution in [0.25, 0.3) is 22.3 Å². The van der Waals surface area contributed by atoms with Gasteiger partial charge in [0.15, 0.2) is 0 Å². The van der Waals surface area contributed by atoms with Crippen molar-refractivity contribution in [2.45, 2.75) is 6.92 Å². The molecule has 0 unspecified atom stereocenters. The first-order valence-electron chi connectivity index (χ1n) is 6.40. The van der Waals surface area contributed by atoms with E-state index in [9.17, 15) is 4.39 Å². The summed E-state index contributed by atoms with van der Waals surface area (Å²) < 4.78 is 13.4. The summed E-state index contributed by atoms with van der Waals surface area (Å²) in [6, 6.07) is 11.7. The van der Waals surface area contributed by atoms with Crippen LogP contribution in [-0.2, 0) is 0 Å². The van der Waals surface area contributed by atoms with Crippen LogP contribution >= 0.6 is 0 Å². The molecule has 0 fully saturated rings. The van der Waals surface area contributed by atoms with Gasteiger partial charge in [-0.25, -0.2) is 9.37 Å². The maximum absolute atomic E-state index is 13.4. The van der Waals surface area contributed by atoms with E-state index in [0.717, 1.165) is 5.39 Å². The second-order valence-electron chi connectivity index (χ2n) is 4.62. The van der Waals surface area contributed by atoms with Crippen LogP contribution in [0.2, 0.25) is 0 Å². The molecule has 0 atom stereocenters. The van der Waals surface area contributed by atoms with E-state index < -0.39 is 0 Å². The number of hydrogen-bond donors (Lipinski definition) is 1. The molecule has 4 nitrogen and oxygen atoms in total. The zero-order chi connectivity index (χ0) is 14.8.